The number of hydrogen-bond donors (Lipinski definition) is 0. The summed E-state index contributed by atoms with van der Waals surface area (Å²) in [5, 5.41) is 8.84. The molecule has 1 saturated heterocycles. The van der Waals surface area contributed by atoms with Gasteiger partial charge in [0.1, 0.15) is 5.69 Å². The van der Waals surface area contributed by atoms with Crippen molar-refractivity contribution in [3.05, 3.63) is 71.9 Å². The number of benzene rings is 2. The first kappa shape index (κ1) is 20.8. The molecule has 1 fully saturated rings. The molecule has 4 heterocycles. The van der Waals surface area contributed by atoms with Gasteiger partial charge in [-0.2, -0.15) is 0 Å². The van der Waals surface area contributed by atoms with Crippen molar-refractivity contribution in [3.8, 4) is 17.1 Å². The van der Waals surface area contributed by atoms with Crippen molar-refractivity contribution in [2.24, 2.45) is 13.0 Å². The van der Waals surface area contributed by atoms with Crippen LogP contribution in [0, 0.1) is 5.92 Å². The molecule has 194 valence electrons. The summed E-state index contributed by atoms with van der Waals surface area (Å²) < 4.78 is 42.4. The second kappa shape index (κ2) is 9.90. The van der Waals surface area contributed by atoms with E-state index in [1.807, 2.05) is 36.4 Å². The topological polar surface area (TPSA) is 93.3 Å². The number of rotatable bonds is 6. The predicted molar refractivity (Wildman–Crippen MR) is 143 cm³/mol. The Balaban J connectivity index is 1.65. The van der Waals surface area contributed by atoms with Crippen LogP contribution in [0.2, 0.25) is 0 Å². The van der Waals surface area contributed by atoms with Gasteiger partial charge in [0.05, 0.1) is 46.4 Å². The number of fused-ring (bicyclic) bond motifs is 3. The molecule has 0 aliphatic carbocycles. The van der Waals surface area contributed by atoms with Crippen molar-refractivity contribution in [2.75, 3.05) is 27.4 Å². The molecule has 5 aromatic rings. The van der Waals surface area contributed by atoms with Crippen LogP contribution in [0.25, 0.3) is 33.2 Å². The third-order valence-corrected chi connectivity index (χ3v) is 7.36. The number of pyridine rings is 1. The number of methoxy groups -OCH3 is 2. The lowest BCUT2D eigenvalue weighted by atomic mass is 9.86. The SMILES string of the molecule is [2H]C([2H])([2H])Oc1nnn(C)c1-c1cnc2c3ccc(C(=O)OC)cc3n([C@H](c3ccccc3)C3CCOCC3)c2c1. The zero-order valence-electron chi connectivity index (χ0n) is 24.1. The van der Waals surface area contributed by atoms with Crippen molar-refractivity contribution in [1.29, 1.82) is 0 Å². The molecule has 0 radical (unpaired) electrons. The Kier molecular flexibility index (Phi) is 5.42. The Hall–Kier alpha value is -4.24. The Labute approximate surface area is 224 Å². The Morgan fingerprint density at radius 3 is 2.71 bits per heavy atom. The number of carbonyl (C=O) groups excluding carboxylic acids is 1. The molecular weight excluding hydrogens is 482 g/mol. The molecule has 0 N–H and O–H groups in total. The van der Waals surface area contributed by atoms with E-state index >= 15 is 0 Å². The number of nitrogens with zero attached hydrogens (tertiary/aromatic N) is 5. The standard InChI is InChI=1S/C29H29N5O4/c1-33-27(28(36-2)31-32-33)21-16-24-25(30-17-21)22-10-9-20(29(35)37-3)15-23(22)34(24)26(18-7-5-4-6-8-18)19-11-13-38-14-12-19/h4-10,15-17,19,26H,11-14H2,1-3H3/t26-/m1/s1/i2D3. The number of aromatic nitrogens is 5. The zero-order chi connectivity index (χ0) is 28.7. The molecule has 0 saturated carbocycles. The average molecular weight is 515 g/mol. The molecule has 1 aliphatic rings. The second-order valence-electron chi connectivity index (χ2n) is 9.46. The first-order chi connectivity index (χ1) is 19.7. The van der Waals surface area contributed by atoms with Gasteiger partial charge in [-0.3, -0.25) is 4.98 Å². The maximum Gasteiger partial charge on any atom is 0.337 e. The Morgan fingerprint density at radius 1 is 1.13 bits per heavy atom. The quantitative estimate of drug-likeness (QED) is 0.301. The van der Waals surface area contributed by atoms with E-state index in [1.165, 1.54) is 11.8 Å². The molecular formula is C29H29N5O4. The molecule has 0 bridgehead atoms. The highest BCUT2D eigenvalue weighted by Gasteiger charge is 2.31. The highest BCUT2D eigenvalue weighted by atomic mass is 16.5. The van der Waals surface area contributed by atoms with Crippen LogP contribution in [0.4, 0.5) is 0 Å². The van der Waals surface area contributed by atoms with Gasteiger partial charge < -0.3 is 18.8 Å². The molecule has 1 atom stereocenters. The maximum atomic E-state index is 12.6. The van der Waals surface area contributed by atoms with E-state index in [9.17, 15) is 4.79 Å². The molecule has 38 heavy (non-hydrogen) atoms. The minimum atomic E-state index is -2.69. The van der Waals surface area contributed by atoms with Crippen LogP contribution in [0.3, 0.4) is 0 Å². The molecule has 1 aliphatic heterocycles. The molecule has 6 rings (SSSR count). The van der Waals surface area contributed by atoms with E-state index in [-0.39, 0.29) is 17.8 Å². The number of aryl methyl sites for hydroxylation is 1. The van der Waals surface area contributed by atoms with Crippen LogP contribution in [0.5, 0.6) is 5.88 Å². The van der Waals surface area contributed by atoms with Crippen molar-refractivity contribution in [1.82, 2.24) is 24.5 Å². The minimum Gasteiger partial charge on any atom is -0.478 e. The van der Waals surface area contributed by atoms with Gasteiger partial charge in [-0.15, -0.1) is 0 Å². The normalized spacial score (nSPS) is 16.6. The van der Waals surface area contributed by atoms with Gasteiger partial charge in [0, 0.05) is 37.4 Å². The van der Waals surface area contributed by atoms with Crippen LogP contribution in [-0.2, 0) is 16.5 Å². The van der Waals surface area contributed by atoms with Gasteiger partial charge in [-0.1, -0.05) is 40.6 Å². The molecule has 3 aromatic heterocycles. The minimum absolute atomic E-state index is 0.0900. The number of ether oxygens (including phenoxy) is 3. The Morgan fingerprint density at radius 2 is 1.95 bits per heavy atom. The van der Waals surface area contributed by atoms with E-state index in [2.05, 4.69) is 27.0 Å². The van der Waals surface area contributed by atoms with E-state index in [0.717, 1.165) is 40.3 Å². The largest absolute Gasteiger partial charge is 0.478 e. The number of esters is 1. The summed E-state index contributed by atoms with van der Waals surface area (Å²) in [7, 11) is 0.348. The van der Waals surface area contributed by atoms with Gasteiger partial charge in [-0.25, -0.2) is 9.48 Å². The average Bonchev–Trinajstić information content (AvgIpc) is 3.49. The lowest BCUT2D eigenvalue weighted by molar-refractivity contribution is 0.0553. The van der Waals surface area contributed by atoms with Crippen LogP contribution in [0.1, 0.15) is 38.9 Å². The van der Waals surface area contributed by atoms with Crippen LogP contribution in [-0.4, -0.2) is 57.9 Å². The number of hydrogen-bond acceptors (Lipinski definition) is 7. The fourth-order valence-corrected chi connectivity index (χ4v) is 5.61. The summed E-state index contributed by atoms with van der Waals surface area (Å²) in [6, 6.07) is 17.6. The van der Waals surface area contributed by atoms with E-state index in [0.29, 0.717) is 30.0 Å². The molecule has 0 unspecified atom stereocenters. The van der Waals surface area contributed by atoms with Gasteiger partial charge >= 0.3 is 5.97 Å². The van der Waals surface area contributed by atoms with E-state index in [1.54, 1.807) is 19.3 Å². The number of carbonyl (C=O) groups is 1. The highest BCUT2D eigenvalue weighted by Crippen LogP contribution is 2.41. The molecule has 9 nitrogen and oxygen atoms in total. The zero-order valence-corrected chi connectivity index (χ0v) is 21.1. The van der Waals surface area contributed by atoms with Crippen molar-refractivity contribution in [3.63, 3.8) is 0 Å². The molecule has 0 spiro atoms. The van der Waals surface area contributed by atoms with E-state index < -0.39 is 13.0 Å². The first-order valence-electron chi connectivity index (χ1n) is 14.0. The first-order valence-corrected chi connectivity index (χ1v) is 12.5. The second-order valence-corrected chi connectivity index (χ2v) is 9.46. The summed E-state index contributed by atoms with van der Waals surface area (Å²) in [4.78, 5) is 17.4. The monoisotopic (exact) mass is 514 g/mol. The van der Waals surface area contributed by atoms with Gasteiger partial charge in [0.2, 0.25) is 0 Å². The summed E-state index contributed by atoms with van der Waals surface area (Å²) in [5.74, 6) is -0.274. The summed E-state index contributed by atoms with van der Waals surface area (Å²) in [6.07, 6.45) is 3.40. The van der Waals surface area contributed by atoms with Crippen LogP contribution >= 0.6 is 0 Å². The molecule has 9 heteroatoms. The lowest BCUT2D eigenvalue weighted by Gasteiger charge is -2.33. The lowest BCUT2D eigenvalue weighted by Crippen LogP contribution is -2.27. The third kappa shape index (κ3) is 3.99. The predicted octanol–water partition coefficient (Wildman–Crippen LogP) is 4.80. The van der Waals surface area contributed by atoms with Crippen LogP contribution < -0.4 is 4.74 Å². The van der Waals surface area contributed by atoms with Gasteiger partial charge in [0.15, 0.2) is 0 Å². The van der Waals surface area contributed by atoms with Crippen LogP contribution in [0.15, 0.2) is 60.8 Å². The third-order valence-electron chi connectivity index (χ3n) is 7.36. The highest BCUT2D eigenvalue weighted by molar-refractivity contribution is 6.08. The van der Waals surface area contributed by atoms with E-state index in [4.69, 9.17) is 23.3 Å². The van der Waals surface area contributed by atoms with Crippen molar-refractivity contribution in [2.45, 2.75) is 18.9 Å². The van der Waals surface area contributed by atoms with Gasteiger partial charge in [0.25, 0.3) is 5.88 Å². The summed E-state index contributed by atoms with van der Waals surface area (Å²) in [5.41, 5.74) is 4.97. The Bertz CT molecular complexity index is 1730. The van der Waals surface area contributed by atoms with Gasteiger partial charge in [-0.05, 0) is 48.6 Å². The molecule has 0 amide bonds. The maximum absolute atomic E-state index is 12.6. The van der Waals surface area contributed by atoms with Crippen molar-refractivity contribution >= 4 is 27.9 Å². The fourth-order valence-electron chi connectivity index (χ4n) is 5.61. The summed E-state index contributed by atoms with van der Waals surface area (Å²) in [6.45, 7) is 1.33. The fraction of sp³-hybridized carbons (Fsp3) is 0.310. The molecule has 2 aromatic carbocycles. The summed E-state index contributed by atoms with van der Waals surface area (Å²) >= 11 is 0. The van der Waals surface area contributed by atoms with Crippen molar-refractivity contribution < 1.29 is 23.1 Å². The smallest absolute Gasteiger partial charge is 0.337 e.